The maximum atomic E-state index is 11.7. The number of imide groups is 1. The number of rotatable bonds is 7. The zero-order valence-electron chi connectivity index (χ0n) is 13.7. The standard InChI is InChI=1S/C16H24N4O3/c1-4-17-16(23)20-15(22)10-18-13-7-5-12(6-8-13)9-14(21)19-11(2)3/h5-8,11,18H,4,9-10H2,1-3H3,(H,19,21)(H2,17,20,22,23). The third-order valence-electron chi connectivity index (χ3n) is 2.81. The molecule has 0 aliphatic heterocycles. The molecule has 0 radical (unpaired) electrons. The van der Waals surface area contributed by atoms with Gasteiger partial charge in [0.1, 0.15) is 0 Å². The molecular weight excluding hydrogens is 296 g/mol. The summed E-state index contributed by atoms with van der Waals surface area (Å²) < 4.78 is 0. The fourth-order valence-corrected chi connectivity index (χ4v) is 1.86. The van der Waals surface area contributed by atoms with Crippen LogP contribution in [-0.2, 0) is 16.0 Å². The summed E-state index contributed by atoms with van der Waals surface area (Å²) in [6.45, 7) is 6.04. The molecular formula is C16H24N4O3. The van der Waals surface area contributed by atoms with Gasteiger partial charge in [-0.15, -0.1) is 0 Å². The molecule has 4 amide bonds. The lowest BCUT2D eigenvalue weighted by molar-refractivity contribution is -0.121. The first-order valence-electron chi connectivity index (χ1n) is 7.60. The number of anilines is 1. The Kier molecular flexibility index (Phi) is 7.59. The molecule has 7 heteroatoms. The molecule has 0 heterocycles. The average molecular weight is 320 g/mol. The summed E-state index contributed by atoms with van der Waals surface area (Å²) in [5, 5.41) is 10.4. The van der Waals surface area contributed by atoms with Crippen LogP contribution >= 0.6 is 0 Å². The third kappa shape index (κ3) is 7.85. The van der Waals surface area contributed by atoms with Crippen molar-refractivity contribution >= 4 is 23.5 Å². The molecule has 0 spiro atoms. The normalized spacial score (nSPS) is 10.1. The van der Waals surface area contributed by atoms with Gasteiger partial charge >= 0.3 is 6.03 Å². The smallest absolute Gasteiger partial charge is 0.321 e. The van der Waals surface area contributed by atoms with Gasteiger partial charge in [0.2, 0.25) is 11.8 Å². The van der Waals surface area contributed by atoms with E-state index in [1.807, 2.05) is 26.0 Å². The molecule has 0 saturated carbocycles. The van der Waals surface area contributed by atoms with E-state index in [-0.39, 0.29) is 18.5 Å². The number of nitrogens with one attached hydrogen (secondary N) is 4. The van der Waals surface area contributed by atoms with E-state index >= 15 is 0 Å². The second-order valence-electron chi connectivity index (χ2n) is 5.36. The van der Waals surface area contributed by atoms with Crippen molar-refractivity contribution in [3.63, 3.8) is 0 Å². The lowest BCUT2D eigenvalue weighted by atomic mass is 10.1. The van der Waals surface area contributed by atoms with E-state index in [0.717, 1.165) is 11.3 Å². The summed E-state index contributed by atoms with van der Waals surface area (Å²) in [7, 11) is 0. The summed E-state index contributed by atoms with van der Waals surface area (Å²) in [5.41, 5.74) is 1.63. The van der Waals surface area contributed by atoms with Crippen LogP contribution in [0.15, 0.2) is 24.3 Å². The summed E-state index contributed by atoms with van der Waals surface area (Å²) in [4.78, 5) is 34.4. The van der Waals surface area contributed by atoms with Gasteiger partial charge in [0.25, 0.3) is 0 Å². The van der Waals surface area contributed by atoms with Gasteiger partial charge in [-0.05, 0) is 38.5 Å². The largest absolute Gasteiger partial charge is 0.376 e. The lowest BCUT2D eigenvalue weighted by Gasteiger charge is -2.10. The van der Waals surface area contributed by atoms with Crippen molar-refractivity contribution in [2.45, 2.75) is 33.2 Å². The molecule has 1 aromatic carbocycles. The second-order valence-corrected chi connectivity index (χ2v) is 5.36. The number of carbonyl (C=O) groups excluding carboxylic acids is 3. The molecule has 23 heavy (non-hydrogen) atoms. The monoisotopic (exact) mass is 320 g/mol. The van der Waals surface area contributed by atoms with Crippen molar-refractivity contribution in [2.75, 3.05) is 18.4 Å². The highest BCUT2D eigenvalue weighted by Gasteiger charge is 2.07. The van der Waals surface area contributed by atoms with Gasteiger partial charge in [-0.3, -0.25) is 14.9 Å². The summed E-state index contributed by atoms with van der Waals surface area (Å²) >= 11 is 0. The minimum atomic E-state index is -0.509. The Morgan fingerprint density at radius 3 is 2.26 bits per heavy atom. The quantitative estimate of drug-likeness (QED) is 0.602. The van der Waals surface area contributed by atoms with Crippen LogP contribution in [0.3, 0.4) is 0 Å². The molecule has 1 aromatic rings. The predicted octanol–water partition coefficient (Wildman–Crippen LogP) is 1.01. The number of urea groups is 1. The van der Waals surface area contributed by atoms with Crippen LogP contribution in [-0.4, -0.2) is 37.0 Å². The van der Waals surface area contributed by atoms with Crippen molar-refractivity contribution in [1.82, 2.24) is 16.0 Å². The van der Waals surface area contributed by atoms with Crippen LogP contribution in [0.2, 0.25) is 0 Å². The molecule has 126 valence electrons. The molecule has 0 aliphatic carbocycles. The minimum absolute atomic E-state index is 0.00961. The summed E-state index contributed by atoms with van der Waals surface area (Å²) in [6.07, 6.45) is 0.316. The fraction of sp³-hybridized carbons (Fsp3) is 0.438. The van der Waals surface area contributed by atoms with E-state index in [0.29, 0.717) is 13.0 Å². The lowest BCUT2D eigenvalue weighted by Crippen LogP contribution is -2.41. The Morgan fingerprint density at radius 1 is 1.04 bits per heavy atom. The number of hydrogen-bond donors (Lipinski definition) is 4. The van der Waals surface area contributed by atoms with Crippen LogP contribution in [0.25, 0.3) is 0 Å². The molecule has 0 aliphatic rings. The topological polar surface area (TPSA) is 99.3 Å². The van der Waals surface area contributed by atoms with Crippen molar-refractivity contribution in [3.05, 3.63) is 29.8 Å². The van der Waals surface area contributed by atoms with Gasteiger partial charge in [-0.2, -0.15) is 0 Å². The number of amides is 4. The predicted molar refractivity (Wildman–Crippen MR) is 89.1 cm³/mol. The van der Waals surface area contributed by atoms with Crippen molar-refractivity contribution in [3.8, 4) is 0 Å². The van der Waals surface area contributed by atoms with Crippen LogP contribution in [0.1, 0.15) is 26.3 Å². The molecule has 0 saturated heterocycles. The van der Waals surface area contributed by atoms with Crippen molar-refractivity contribution in [2.24, 2.45) is 0 Å². The zero-order chi connectivity index (χ0) is 17.2. The SMILES string of the molecule is CCNC(=O)NC(=O)CNc1ccc(CC(=O)NC(C)C)cc1. The summed E-state index contributed by atoms with van der Waals surface area (Å²) in [6, 6.07) is 6.83. The van der Waals surface area contributed by atoms with Gasteiger partial charge < -0.3 is 16.0 Å². The van der Waals surface area contributed by atoms with Gasteiger partial charge in [0.05, 0.1) is 13.0 Å². The highest BCUT2D eigenvalue weighted by Crippen LogP contribution is 2.09. The minimum Gasteiger partial charge on any atom is -0.376 e. The van der Waals surface area contributed by atoms with E-state index < -0.39 is 11.9 Å². The van der Waals surface area contributed by atoms with E-state index in [2.05, 4.69) is 21.3 Å². The maximum absolute atomic E-state index is 11.7. The fourth-order valence-electron chi connectivity index (χ4n) is 1.86. The van der Waals surface area contributed by atoms with Crippen LogP contribution in [0.4, 0.5) is 10.5 Å². The summed E-state index contributed by atoms with van der Waals surface area (Å²) in [5.74, 6) is -0.446. The van der Waals surface area contributed by atoms with E-state index in [1.54, 1.807) is 19.1 Å². The van der Waals surface area contributed by atoms with Gasteiger partial charge in [0.15, 0.2) is 0 Å². The molecule has 0 aromatic heterocycles. The van der Waals surface area contributed by atoms with E-state index in [9.17, 15) is 14.4 Å². The van der Waals surface area contributed by atoms with Crippen molar-refractivity contribution < 1.29 is 14.4 Å². The molecule has 1 rings (SSSR count). The van der Waals surface area contributed by atoms with Crippen LogP contribution in [0, 0.1) is 0 Å². The van der Waals surface area contributed by atoms with Gasteiger partial charge in [0, 0.05) is 18.3 Å². The van der Waals surface area contributed by atoms with Gasteiger partial charge in [-0.1, -0.05) is 12.1 Å². The first kappa shape index (κ1) is 18.5. The molecule has 4 N–H and O–H groups in total. The molecule has 0 atom stereocenters. The van der Waals surface area contributed by atoms with Crippen LogP contribution in [0.5, 0.6) is 0 Å². The average Bonchev–Trinajstić information content (AvgIpc) is 2.45. The molecule has 0 bridgehead atoms. The highest BCUT2D eigenvalue weighted by molar-refractivity contribution is 5.96. The third-order valence-corrected chi connectivity index (χ3v) is 2.81. The Morgan fingerprint density at radius 2 is 1.70 bits per heavy atom. The maximum Gasteiger partial charge on any atom is 0.321 e. The first-order chi connectivity index (χ1) is 10.9. The van der Waals surface area contributed by atoms with E-state index in [4.69, 9.17) is 0 Å². The second kappa shape index (κ2) is 9.45. The molecule has 7 nitrogen and oxygen atoms in total. The zero-order valence-corrected chi connectivity index (χ0v) is 13.7. The number of hydrogen-bond acceptors (Lipinski definition) is 4. The first-order valence-corrected chi connectivity index (χ1v) is 7.60. The number of carbonyl (C=O) groups is 3. The Balaban J connectivity index is 2.40. The van der Waals surface area contributed by atoms with Crippen LogP contribution < -0.4 is 21.3 Å². The Labute approximate surface area is 136 Å². The number of benzene rings is 1. The highest BCUT2D eigenvalue weighted by atomic mass is 16.2. The molecule has 0 fully saturated rings. The Hall–Kier alpha value is -2.57. The van der Waals surface area contributed by atoms with Gasteiger partial charge in [-0.25, -0.2) is 4.79 Å². The van der Waals surface area contributed by atoms with E-state index in [1.165, 1.54) is 0 Å². The molecule has 0 unspecified atom stereocenters. The van der Waals surface area contributed by atoms with Crippen molar-refractivity contribution in [1.29, 1.82) is 0 Å². The Bertz CT molecular complexity index is 541.